The number of aryl methyl sites for hydroxylation is 1. The highest BCUT2D eigenvalue weighted by molar-refractivity contribution is 7.91. The van der Waals surface area contributed by atoms with Crippen LogP contribution < -0.4 is 4.18 Å². The lowest BCUT2D eigenvalue weighted by atomic mass is 9.93. The third-order valence-corrected chi connectivity index (χ3v) is 8.31. The summed E-state index contributed by atoms with van der Waals surface area (Å²) in [5.74, 6) is -1.22. The standard InChI is InChI=1S/C21H26FN3O7S2/c1-4-11-34(29,30)32-21-16(13-23-25(21)5-2)20(26)15-6-7-18-19(14(15)3)17(24-31-10-9-22)8-12-33(18,27)28/h6-7,13H,4-5,8-12H2,1-3H3. The molecule has 34 heavy (non-hydrogen) atoms. The predicted molar refractivity (Wildman–Crippen MR) is 122 cm³/mol. The maximum atomic E-state index is 13.5. The summed E-state index contributed by atoms with van der Waals surface area (Å²) in [4.78, 5) is 18.4. The van der Waals surface area contributed by atoms with Gasteiger partial charge < -0.3 is 9.02 Å². The first-order chi connectivity index (χ1) is 16.1. The van der Waals surface area contributed by atoms with Crippen molar-refractivity contribution in [2.75, 3.05) is 24.8 Å². The van der Waals surface area contributed by atoms with E-state index in [9.17, 15) is 26.0 Å². The molecule has 0 atom stereocenters. The summed E-state index contributed by atoms with van der Waals surface area (Å²) in [6.45, 7) is 4.18. The summed E-state index contributed by atoms with van der Waals surface area (Å²) < 4.78 is 68.7. The fourth-order valence-electron chi connectivity index (χ4n) is 3.67. The van der Waals surface area contributed by atoms with Gasteiger partial charge in [-0.25, -0.2) is 17.5 Å². The van der Waals surface area contributed by atoms with E-state index in [0.717, 1.165) is 0 Å². The van der Waals surface area contributed by atoms with Gasteiger partial charge in [-0.2, -0.15) is 13.5 Å². The van der Waals surface area contributed by atoms with Crippen LogP contribution in [-0.2, 0) is 31.3 Å². The molecule has 0 N–H and O–H groups in total. The second kappa shape index (κ2) is 10.2. The van der Waals surface area contributed by atoms with Crippen molar-refractivity contribution in [3.8, 4) is 5.88 Å². The van der Waals surface area contributed by atoms with Gasteiger partial charge in [0.25, 0.3) is 0 Å². The number of alkyl halides is 1. The van der Waals surface area contributed by atoms with E-state index >= 15 is 0 Å². The summed E-state index contributed by atoms with van der Waals surface area (Å²) in [7, 11) is -7.56. The van der Waals surface area contributed by atoms with Crippen molar-refractivity contribution >= 4 is 31.5 Å². The highest BCUT2D eigenvalue weighted by Crippen LogP contribution is 2.32. The third kappa shape index (κ3) is 5.14. The van der Waals surface area contributed by atoms with E-state index < -0.39 is 32.4 Å². The molecule has 0 bridgehead atoms. The number of rotatable bonds is 10. The maximum Gasteiger partial charge on any atom is 0.310 e. The normalized spacial score (nSPS) is 16.3. The van der Waals surface area contributed by atoms with E-state index in [-0.39, 0.29) is 64.3 Å². The first-order valence-electron chi connectivity index (χ1n) is 10.7. The Hall–Kier alpha value is -2.80. The number of ketones is 1. The number of nitrogens with zero attached hydrogens (tertiary/aromatic N) is 3. The summed E-state index contributed by atoms with van der Waals surface area (Å²) >= 11 is 0. The van der Waals surface area contributed by atoms with Crippen LogP contribution in [0.2, 0.25) is 0 Å². The summed E-state index contributed by atoms with van der Waals surface area (Å²) in [6.07, 6.45) is 1.59. The smallest absolute Gasteiger partial charge is 0.310 e. The van der Waals surface area contributed by atoms with Gasteiger partial charge in [0.1, 0.15) is 18.8 Å². The topological polar surface area (TPSA) is 134 Å². The minimum Gasteiger partial charge on any atom is -0.393 e. The fraction of sp³-hybridized carbons (Fsp3) is 0.476. The number of halogens is 1. The average molecular weight is 516 g/mol. The molecule has 186 valence electrons. The Labute approximate surface area is 197 Å². The van der Waals surface area contributed by atoms with Crippen molar-refractivity contribution in [3.05, 3.63) is 40.6 Å². The second-order valence-electron chi connectivity index (χ2n) is 7.59. The molecule has 0 fully saturated rings. The van der Waals surface area contributed by atoms with E-state index in [1.165, 1.54) is 23.0 Å². The Bertz CT molecular complexity index is 1330. The van der Waals surface area contributed by atoms with Crippen LogP contribution >= 0.6 is 0 Å². The van der Waals surface area contributed by atoms with E-state index in [2.05, 4.69) is 10.3 Å². The zero-order valence-corrected chi connectivity index (χ0v) is 20.7. The van der Waals surface area contributed by atoms with Crippen molar-refractivity contribution in [1.29, 1.82) is 0 Å². The molecule has 0 radical (unpaired) electrons. The molecule has 1 aliphatic rings. The Kier molecular flexibility index (Phi) is 7.76. The molecule has 2 aromatic rings. The molecule has 13 heteroatoms. The van der Waals surface area contributed by atoms with Gasteiger partial charge in [-0.1, -0.05) is 12.1 Å². The number of sulfone groups is 1. The van der Waals surface area contributed by atoms with Gasteiger partial charge in [0.05, 0.1) is 28.3 Å². The van der Waals surface area contributed by atoms with Gasteiger partial charge >= 0.3 is 10.1 Å². The van der Waals surface area contributed by atoms with Gasteiger partial charge in [0.2, 0.25) is 5.88 Å². The number of carbonyl (C=O) groups is 1. The van der Waals surface area contributed by atoms with E-state index in [1.807, 2.05) is 0 Å². The molecule has 0 saturated heterocycles. The molecular formula is C21H26FN3O7S2. The van der Waals surface area contributed by atoms with Crippen LogP contribution in [0.4, 0.5) is 4.39 Å². The van der Waals surface area contributed by atoms with Crippen molar-refractivity contribution < 1.29 is 35.0 Å². The SMILES string of the molecule is CCCS(=O)(=O)Oc1c(C(=O)c2ccc3c(c2C)C(=NOCCF)CCS3(=O)=O)cnn1CC. The van der Waals surface area contributed by atoms with Crippen molar-refractivity contribution in [3.63, 3.8) is 0 Å². The van der Waals surface area contributed by atoms with Crippen LogP contribution in [0.1, 0.15) is 53.7 Å². The molecule has 1 aromatic heterocycles. The van der Waals surface area contributed by atoms with Gasteiger partial charge in [-0.3, -0.25) is 4.79 Å². The minimum atomic E-state index is -3.95. The van der Waals surface area contributed by atoms with Crippen molar-refractivity contribution in [2.24, 2.45) is 5.16 Å². The fourth-order valence-corrected chi connectivity index (χ4v) is 6.20. The average Bonchev–Trinajstić information content (AvgIpc) is 3.17. The van der Waals surface area contributed by atoms with Crippen LogP contribution in [0.5, 0.6) is 5.88 Å². The van der Waals surface area contributed by atoms with E-state index in [4.69, 9.17) is 9.02 Å². The van der Waals surface area contributed by atoms with Crippen molar-refractivity contribution in [1.82, 2.24) is 9.78 Å². The number of benzene rings is 1. The molecule has 0 unspecified atom stereocenters. The Morgan fingerprint density at radius 1 is 1.26 bits per heavy atom. The summed E-state index contributed by atoms with van der Waals surface area (Å²) in [5, 5.41) is 7.96. The second-order valence-corrected chi connectivity index (χ2v) is 11.4. The minimum absolute atomic E-state index is 0.00153. The third-order valence-electron chi connectivity index (χ3n) is 5.24. The summed E-state index contributed by atoms with van der Waals surface area (Å²) in [6, 6.07) is 2.68. The zero-order valence-electron chi connectivity index (χ0n) is 19.1. The van der Waals surface area contributed by atoms with Crippen LogP contribution in [0, 0.1) is 6.92 Å². The number of hydrogen-bond acceptors (Lipinski definition) is 9. The first-order valence-corrected chi connectivity index (χ1v) is 13.9. The molecule has 0 amide bonds. The van der Waals surface area contributed by atoms with E-state index in [0.29, 0.717) is 12.0 Å². The lowest BCUT2D eigenvalue weighted by molar-refractivity contribution is 0.103. The number of aromatic nitrogens is 2. The first kappa shape index (κ1) is 25.8. The van der Waals surface area contributed by atoms with Gasteiger partial charge in [-0.05, 0) is 38.0 Å². The van der Waals surface area contributed by atoms with E-state index in [1.54, 1.807) is 20.8 Å². The Morgan fingerprint density at radius 3 is 2.65 bits per heavy atom. The van der Waals surface area contributed by atoms with Gasteiger partial charge in [-0.15, -0.1) is 0 Å². The van der Waals surface area contributed by atoms with Crippen LogP contribution in [0.3, 0.4) is 0 Å². The summed E-state index contributed by atoms with van der Waals surface area (Å²) in [5.41, 5.74) is 0.884. The lowest BCUT2D eigenvalue weighted by Gasteiger charge is -2.21. The zero-order chi connectivity index (χ0) is 25.1. The van der Waals surface area contributed by atoms with Crippen LogP contribution in [0.25, 0.3) is 0 Å². The molecular weight excluding hydrogens is 489 g/mol. The lowest BCUT2D eigenvalue weighted by Crippen LogP contribution is -2.25. The molecule has 10 nitrogen and oxygen atoms in total. The Morgan fingerprint density at radius 2 is 2.00 bits per heavy atom. The number of carbonyl (C=O) groups excluding carboxylic acids is 1. The number of hydrogen-bond donors (Lipinski definition) is 0. The number of oxime groups is 1. The molecule has 0 saturated carbocycles. The predicted octanol–water partition coefficient (Wildman–Crippen LogP) is 2.43. The Balaban J connectivity index is 2.12. The van der Waals surface area contributed by atoms with Gasteiger partial charge in [0.15, 0.2) is 15.6 Å². The van der Waals surface area contributed by atoms with Crippen molar-refractivity contribution in [2.45, 2.75) is 45.1 Å². The largest absolute Gasteiger partial charge is 0.393 e. The molecule has 1 aromatic carbocycles. The molecule has 0 spiro atoms. The highest BCUT2D eigenvalue weighted by atomic mass is 32.2. The molecule has 1 aliphatic heterocycles. The van der Waals surface area contributed by atoms with Gasteiger partial charge in [0, 0.05) is 24.1 Å². The monoisotopic (exact) mass is 515 g/mol. The van der Waals surface area contributed by atoms with Crippen LogP contribution in [-0.4, -0.2) is 62.9 Å². The van der Waals surface area contributed by atoms with Crippen LogP contribution in [0.15, 0.2) is 28.4 Å². The number of fused-ring (bicyclic) bond motifs is 1. The molecule has 2 heterocycles. The maximum absolute atomic E-state index is 13.5. The highest BCUT2D eigenvalue weighted by Gasteiger charge is 2.33. The molecule has 0 aliphatic carbocycles. The molecule has 3 rings (SSSR count). The quantitative estimate of drug-likeness (QED) is 0.204.